The van der Waals surface area contributed by atoms with Crippen molar-refractivity contribution in [2.24, 2.45) is 0 Å². The largest absolute Gasteiger partial charge is 0.487 e. The minimum atomic E-state index is -0.418. The maximum atomic E-state index is 12.8. The van der Waals surface area contributed by atoms with Crippen molar-refractivity contribution in [3.8, 4) is 5.75 Å². The van der Waals surface area contributed by atoms with Crippen LogP contribution in [0, 0.1) is 13.8 Å². The molecule has 0 aliphatic carbocycles. The third kappa shape index (κ3) is 4.78. The van der Waals surface area contributed by atoms with E-state index in [1.807, 2.05) is 60.1 Å². The molecule has 0 saturated heterocycles. The van der Waals surface area contributed by atoms with Gasteiger partial charge >= 0.3 is 0 Å². The lowest BCUT2D eigenvalue weighted by atomic mass is 10.2. The fourth-order valence-corrected chi connectivity index (χ4v) is 3.30. The van der Waals surface area contributed by atoms with Crippen molar-refractivity contribution >= 4 is 23.3 Å². The molecule has 0 saturated carbocycles. The average molecular weight is 437 g/mol. The number of ether oxygens (including phenoxy) is 1. The van der Waals surface area contributed by atoms with Crippen LogP contribution in [0.25, 0.3) is 0 Å². The highest BCUT2D eigenvalue weighted by Gasteiger charge is 2.22. The van der Waals surface area contributed by atoms with Crippen molar-refractivity contribution in [3.05, 3.63) is 94.0 Å². The summed E-state index contributed by atoms with van der Waals surface area (Å²) in [6.45, 7) is 4.38. The Labute approximate surface area is 184 Å². The Kier molecular flexibility index (Phi) is 6.04. The van der Waals surface area contributed by atoms with E-state index in [9.17, 15) is 4.79 Å². The zero-order valence-corrected chi connectivity index (χ0v) is 17.9. The summed E-state index contributed by atoms with van der Waals surface area (Å²) in [5, 5.41) is 11.7. The van der Waals surface area contributed by atoms with Crippen LogP contribution in [0.15, 0.2) is 65.2 Å². The molecule has 8 heteroatoms. The maximum absolute atomic E-state index is 12.8. The molecular formula is C23H21ClN4O3. The van der Waals surface area contributed by atoms with E-state index in [1.165, 1.54) is 0 Å². The number of anilines is 1. The van der Waals surface area contributed by atoms with Crippen molar-refractivity contribution in [1.82, 2.24) is 14.9 Å². The average Bonchev–Trinajstić information content (AvgIpc) is 3.30. The van der Waals surface area contributed by atoms with Crippen LogP contribution < -0.4 is 10.1 Å². The molecule has 2 aromatic heterocycles. The van der Waals surface area contributed by atoms with Gasteiger partial charge in [-0.3, -0.25) is 9.48 Å². The van der Waals surface area contributed by atoms with Gasteiger partial charge in [-0.2, -0.15) is 5.10 Å². The molecule has 158 valence electrons. The minimum Gasteiger partial charge on any atom is -0.487 e. The number of benzene rings is 2. The van der Waals surface area contributed by atoms with Crippen LogP contribution in [0.1, 0.15) is 33.1 Å². The molecule has 4 rings (SSSR count). The van der Waals surface area contributed by atoms with Gasteiger partial charge in [0.05, 0.1) is 17.1 Å². The van der Waals surface area contributed by atoms with Gasteiger partial charge in [0, 0.05) is 11.8 Å². The number of hydrogen-bond acceptors (Lipinski definition) is 5. The summed E-state index contributed by atoms with van der Waals surface area (Å²) >= 11 is 6.14. The van der Waals surface area contributed by atoms with Crippen LogP contribution in [-0.2, 0) is 13.2 Å². The summed E-state index contributed by atoms with van der Waals surface area (Å²) in [7, 11) is 0. The van der Waals surface area contributed by atoms with Crippen molar-refractivity contribution in [2.75, 3.05) is 5.32 Å². The lowest BCUT2D eigenvalue weighted by Crippen LogP contribution is -2.16. The molecule has 0 bridgehead atoms. The second-order valence-electron chi connectivity index (χ2n) is 7.05. The topological polar surface area (TPSA) is 82.2 Å². The molecule has 31 heavy (non-hydrogen) atoms. The summed E-state index contributed by atoms with van der Waals surface area (Å²) < 4.78 is 12.8. The number of halogens is 1. The molecule has 0 unspecified atom stereocenters. The van der Waals surface area contributed by atoms with Crippen LogP contribution in [0.4, 0.5) is 5.82 Å². The number of nitrogens with zero attached hydrogens (tertiary/aromatic N) is 3. The summed E-state index contributed by atoms with van der Waals surface area (Å²) in [5.74, 6) is 1.05. The van der Waals surface area contributed by atoms with Crippen LogP contribution in [0.2, 0.25) is 5.02 Å². The maximum Gasteiger partial charge on any atom is 0.279 e. The molecule has 1 N–H and O–H groups in total. The molecule has 4 aromatic rings. The lowest BCUT2D eigenvalue weighted by Gasteiger charge is -2.08. The van der Waals surface area contributed by atoms with Gasteiger partial charge < -0.3 is 14.6 Å². The molecule has 1 amide bonds. The number of amides is 1. The van der Waals surface area contributed by atoms with E-state index in [0.717, 1.165) is 11.3 Å². The van der Waals surface area contributed by atoms with Crippen LogP contribution in [0.3, 0.4) is 0 Å². The molecule has 0 radical (unpaired) electrons. The van der Waals surface area contributed by atoms with Gasteiger partial charge in [-0.1, -0.05) is 59.2 Å². The van der Waals surface area contributed by atoms with Crippen molar-refractivity contribution < 1.29 is 14.1 Å². The highest BCUT2D eigenvalue weighted by atomic mass is 35.5. The van der Waals surface area contributed by atoms with Crippen molar-refractivity contribution in [2.45, 2.75) is 27.0 Å². The fraction of sp³-hybridized carbons (Fsp3) is 0.174. The highest BCUT2D eigenvalue weighted by Crippen LogP contribution is 2.25. The number of hydrogen-bond donors (Lipinski definition) is 1. The quantitative estimate of drug-likeness (QED) is 0.439. The number of rotatable bonds is 7. The zero-order valence-electron chi connectivity index (χ0n) is 17.1. The van der Waals surface area contributed by atoms with E-state index in [-0.39, 0.29) is 12.3 Å². The first-order valence-corrected chi connectivity index (χ1v) is 10.1. The summed E-state index contributed by atoms with van der Waals surface area (Å²) in [5.41, 5.74) is 2.76. The summed E-state index contributed by atoms with van der Waals surface area (Å²) in [4.78, 5) is 12.8. The van der Waals surface area contributed by atoms with E-state index < -0.39 is 5.91 Å². The zero-order chi connectivity index (χ0) is 21.8. The minimum absolute atomic E-state index is 0.100. The number of carbonyl (C=O) groups excluding carboxylic acids is 1. The number of nitrogens with one attached hydrogen (secondary N) is 1. The monoisotopic (exact) mass is 436 g/mol. The predicted octanol–water partition coefficient (Wildman–Crippen LogP) is 5.02. The fourth-order valence-electron chi connectivity index (χ4n) is 3.11. The van der Waals surface area contributed by atoms with Crippen molar-refractivity contribution in [3.63, 3.8) is 0 Å². The van der Waals surface area contributed by atoms with Crippen molar-refractivity contribution in [1.29, 1.82) is 0 Å². The third-order valence-corrected chi connectivity index (χ3v) is 5.12. The Morgan fingerprint density at radius 2 is 1.87 bits per heavy atom. The van der Waals surface area contributed by atoms with Gasteiger partial charge in [-0.25, -0.2) is 0 Å². The molecule has 2 aromatic carbocycles. The first-order chi connectivity index (χ1) is 15.0. The Balaban J connectivity index is 1.47. The van der Waals surface area contributed by atoms with Gasteiger partial charge in [-0.15, -0.1) is 0 Å². The second kappa shape index (κ2) is 9.06. The molecule has 7 nitrogen and oxygen atoms in total. The van der Waals surface area contributed by atoms with Gasteiger partial charge in [0.25, 0.3) is 5.91 Å². The Morgan fingerprint density at radius 3 is 2.65 bits per heavy atom. The summed E-state index contributed by atoms with van der Waals surface area (Å²) in [6, 6.07) is 18.9. The second-order valence-corrected chi connectivity index (χ2v) is 7.46. The number of carbonyl (C=O) groups is 1. The van der Waals surface area contributed by atoms with Crippen LogP contribution in [0.5, 0.6) is 5.75 Å². The predicted molar refractivity (Wildman–Crippen MR) is 117 cm³/mol. The standard InChI is InChI=1S/C23H21ClN4O3/c1-15-12-21(26-28(15)13-17-8-4-3-5-9-17)25-23(29)22-18(16(2)31-27-22)14-30-20-11-7-6-10-19(20)24/h3-12H,13-14H2,1-2H3,(H,25,26,29). The number of para-hydroxylation sites is 1. The van der Waals surface area contributed by atoms with Gasteiger partial charge in [0.2, 0.25) is 0 Å². The van der Waals surface area contributed by atoms with Gasteiger partial charge in [0.15, 0.2) is 11.5 Å². The first-order valence-electron chi connectivity index (χ1n) is 9.73. The van der Waals surface area contributed by atoms with Gasteiger partial charge in [-0.05, 0) is 31.5 Å². The Morgan fingerprint density at radius 1 is 1.13 bits per heavy atom. The Bertz CT molecular complexity index is 1200. The van der Waals surface area contributed by atoms with Crippen LogP contribution >= 0.6 is 11.6 Å². The molecule has 0 atom stereocenters. The van der Waals surface area contributed by atoms with E-state index in [0.29, 0.717) is 34.5 Å². The number of aromatic nitrogens is 3. The molecule has 0 aliphatic heterocycles. The molecular weight excluding hydrogens is 416 g/mol. The molecule has 2 heterocycles. The van der Waals surface area contributed by atoms with E-state index >= 15 is 0 Å². The lowest BCUT2D eigenvalue weighted by molar-refractivity contribution is 0.101. The third-order valence-electron chi connectivity index (χ3n) is 4.81. The highest BCUT2D eigenvalue weighted by molar-refractivity contribution is 6.32. The number of aryl methyl sites for hydroxylation is 2. The SMILES string of the molecule is Cc1onc(C(=O)Nc2cc(C)n(Cc3ccccc3)n2)c1COc1ccccc1Cl. The molecule has 0 aliphatic rings. The molecule has 0 fully saturated rings. The smallest absolute Gasteiger partial charge is 0.279 e. The van der Waals surface area contributed by atoms with Crippen LogP contribution in [-0.4, -0.2) is 20.8 Å². The van der Waals surface area contributed by atoms with E-state index in [2.05, 4.69) is 15.6 Å². The normalized spacial score (nSPS) is 10.8. The van der Waals surface area contributed by atoms with E-state index in [1.54, 1.807) is 19.1 Å². The van der Waals surface area contributed by atoms with E-state index in [4.69, 9.17) is 20.9 Å². The summed E-state index contributed by atoms with van der Waals surface area (Å²) in [6.07, 6.45) is 0. The molecule has 0 spiro atoms. The first kappa shape index (κ1) is 20.7. The van der Waals surface area contributed by atoms with Gasteiger partial charge in [0.1, 0.15) is 18.1 Å². The Hall–Kier alpha value is -3.58.